The van der Waals surface area contributed by atoms with Gasteiger partial charge in [0.15, 0.2) is 11.6 Å². The molecule has 0 aliphatic carbocycles. The molecule has 0 spiro atoms. The van der Waals surface area contributed by atoms with Crippen molar-refractivity contribution in [3.05, 3.63) is 146 Å². The minimum atomic E-state index is 0.580. The molecule has 9 rings (SSSR count). The van der Waals surface area contributed by atoms with Gasteiger partial charge in [-0.05, 0) is 30.3 Å². The molecule has 0 N–H and O–H groups in total. The highest BCUT2D eigenvalue weighted by molar-refractivity contribution is 6.15. The molecule has 0 amide bonds. The van der Waals surface area contributed by atoms with E-state index in [1.54, 1.807) is 0 Å². The van der Waals surface area contributed by atoms with Crippen molar-refractivity contribution in [1.82, 2.24) is 28.5 Å². The molecule has 9 aromatic rings. The number of fused-ring (bicyclic) bond motifs is 7. The van der Waals surface area contributed by atoms with Gasteiger partial charge in [-0.3, -0.25) is 13.5 Å². The van der Waals surface area contributed by atoms with Crippen molar-refractivity contribution in [3.8, 4) is 34.4 Å². The van der Waals surface area contributed by atoms with E-state index in [2.05, 4.69) is 98.6 Å². The second-order valence-corrected chi connectivity index (χ2v) is 10.6. The molecule has 0 aliphatic rings. The van der Waals surface area contributed by atoms with E-state index in [0.29, 0.717) is 17.6 Å². The van der Waals surface area contributed by atoms with E-state index >= 15 is 0 Å². The number of aromatic nitrogens is 6. The van der Waals surface area contributed by atoms with E-state index in [1.807, 2.05) is 60.7 Å². The number of hydrogen-bond acceptors (Lipinski definition) is 3. The number of hydrogen-bond donors (Lipinski definition) is 0. The molecule has 0 saturated heterocycles. The Morgan fingerprint density at radius 3 is 1.60 bits per heavy atom. The molecule has 0 saturated carbocycles. The number of imidazole rings is 1. The van der Waals surface area contributed by atoms with Crippen LogP contribution in [0.3, 0.4) is 0 Å². The van der Waals surface area contributed by atoms with E-state index in [1.165, 1.54) is 0 Å². The van der Waals surface area contributed by atoms with Crippen molar-refractivity contribution in [2.24, 2.45) is 0 Å². The Balaban J connectivity index is 1.46. The Labute approximate surface area is 246 Å². The molecular formula is C37H24N6. The van der Waals surface area contributed by atoms with Crippen LogP contribution >= 0.6 is 0 Å². The lowest BCUT2D eigenvalue weighted by molar-refractivity contribution is 0.952. The normalized spacial score (nSPS) is 11.7. The minimum absolute atomic E-state index is 0.580. The molecule has 43 heavy (non-hydrogen) atoms. The summed E-state index contributed by atoms with van der Waals surface area (Å²) in [6.45, 7) is 0. The van der Waals surface area contributed by atoms with E-state index in [0.717, 1.165) is 55.3 Å². The average molecular weight is 553 g/mol. The van der Waals surface area contributed by atoms with Crippen molar-refractivity contribution >= 4 is 38.5 Å². The highest BCUT2D eigenvalue weighted by Gasteiger charge is 2.24. The van der Waals surface area contributed by atoms with Crippen LogP contribution in [-0.4, -0.2) is 28.5 Å². The molecule has 4 aromatic heterocycles. The first kappa shape index (κ1) is 23.7. The molecule has 0 radical (unpaired) electrons. The number of nitrogens with zero attached hydrogens (tertiary/aromatic N) is 6. The number of rotatable bonds is 4. The summed E-state index contributed by atoms with van der Waals surface area (Å²) in [6.07, 6.45) is 2.25. The fourth-order valence-corrected chi connectivity index (χ4v) is 6.23. The number of benzene rings is 5. The van der Waals surface area contributed by atoms with Gasteiger partial charge in [-0.2, -0.15) is 9.97 Å². The zero-order chi connectivity index (χ0) is 28.3. The topological polar surface area (TPSA) is 52.9 Å². The summed E-state index contributed by atoms with van der Waals surface area (Å²) in [6, 6.07) is 47.8. The van der Waals surface area contributed by atoms with Crippen molar-refractivity contribution in [1.29, 1.82) is 0 Å². The Kier molecular flexibility index (Phi) is 5.10. The Morgan fingerprint density at radius 1 is 0.419 bits per heavy atom. The fraction of sp³-hybridized carbons (Fsp3) is 0. The Morgan fingerprint density at radius 2 is 0.953 bits per heavy atom. The third-order valence-electron chi connectivity index (χ3n) is 8.11. The van der Waals surface area contributed by atoms with Crippen molar-refractivity contribution in [3.63, 3.8) is 0 Å². The van der Waals surface area contributed by atoms with Crippen LogP contribution in [0, 0.1) is 0 Å². The van der Waals surface area contributed by atoms with Gasteiger partial charge in [0.05, 0.1) is 16.6 Å². The van der Waals surface area contributed by atoms with Crippen LogP contribution in [0.2, 0.25) is 0 Å². The van der Waals surface area contributed by atoms with Gasteiger partial charge in [0, 0.05) is 33.8 Å². The predicted octanol–water partition coefficient (Wildman–Crippen LogP) is 8.50. The van der Waals surface area contributed by atoms with Crippen LogP contribution in [0.4, 0.5) is 0 Å². The van der Waals surface area contributed by atoms with Gasteiger partial charge < -0.3 is 0 Å². The van der Waals surface area contributed by atoms with Gasteiger partial charge in [0.2, 0.25) is 5.95 Å². The Bertz CT molecular complexity index is 2380. The van der Waals surface area contributed by atoms with E-state index in [-0.39, 0.29) is 0 Å². The highest BCUT2D eigenvalue weighted by Crippen LogP contribution is 2.39. The van der Waals surface area contributed by atoms with Crippen LogP contribution in [-0.2, 0) is 0 Å². The monoisotopic (exact) mass is 552 g/mol. The molecule has 0 bridgehead atoms. The van der Waals surface area contributed by atoms with Gasteiger partial charge in [0.1, 0.15) is 11.2 Å². The number of para-hydroxylation sites is 4. The van der Waals surface area contributed by atoms with Gasteiger partial charge in [-0.1, -0.05) is 109 Å². The van der Waals surface area contributed by atoms with Gasteiger partial charge in [0.25, 0.3) is 0 Å². The lowest BCUT2D eigenvalue weighted by Crippen LogP contribution is -2.07. The molecule has 5 aromatic carbocycles. The predicted molar refractivity (Wildman–Crippen MR) is 173 cm³/mol. The third-order valence-corrected chi connectivity index (χ3v) is 8.11. The molecular weight excluding hydrogens is 528 g/mol. The first-order valence-corrected chi connectivity index (χ1v) is 14.3. The summed E-state index contributed by atoms with van der Waals surface area (Å²) < 4.78 is 6.84. The van der Waals surface area contributed by atoms with Crippen molar-refractivity contribution in [2.75, 3.05) is 0 Å². The second-order valence-electron chi connectivity index (χ2n) is 10.6. The molecule has 6 heteroatoms. The molecule has 202 valence electrons. The van der Waals surface area contributed by atoms with Crippen LogP contribution in [0.15, 0.2) is 146 Å². The van der Waals surface area contributed by atoms with Crippen molar-refractivity contribution in [2.45, 2.75) is 0 Å². The maximum atomic E-state index is 5.14. The SMILES string of the molecule is c1ccc(-c2nc(-c3ccccc3)nc(-n3c4ccccc4c4cn5c6ccccc6n(-c6ccccc6)c5c43)n2)cc1. The minimum Gasteiger partial charge on any atom is -0.298 e. The lowest BCUT2D eigenvalue weighted by atomic mass is 10.2. The standard InChI is InChI=1S/C37H24N6/c1-4-14-25(15-5-1)34-38-35(26-16-6-2-7-17-26)40-37(39-34)43-30-21-11-10-20-28(30)29-24-41-31-22-12-13-23-32(31)42(36(41)33(29)43)27-18-8-3-9-19-27/h1-24H. The van der Waals surface area contributed by atoms with E-state index in [9.17, 15) is 0 Å². The van der Waals surface area contributed by atoms with Crippen molar-refractivity contribution < 1.29 is 0 Å². The van der Waals surface area contributed by atoms with Crippen LogP contribution in [0.1, 0.15) is 0 Å². The largest absolute Gasteiger partial charge is 0.298 e. The molecule has 6 nitrogen and oxygen atoms in total. The van der Waals surface area contributed by atoms with Crippen LogP contribution < -0.4 is 0 Å². The maximum absolute atomic E-state index is 5.14. The fourth-order valence-electron chi connectivity index (χ4n) is 6.23. The first-order chi connectivity index (χ1) is 21.3. The van der Waals surface area contributed by atoms with Crippen LogP contribution in [0.25, 0.3) is 72.9 Å². The highest BCUT2D eigenvalue weighted by atomic mass is 15.2. The third kappa shape index (κ3) is 3.57. The van der Waals surface area contributed by atoms with E-state index in [4.69, 9.17) is 15.0 Å². The van der Waals surface area contributed by atoms with E-state index < -0.39 is 0 Å². The molecule has 0 unspecified atom stereocenters. The quantitative estimate of drug-likeness (QED) is 0.220. The summed E-state index contributed by atoms with van der Waals surface area (Å²) >= 11 is 0. The molecule has 0 fully saturated rings. The molecule has 4 heterocycles. The van der Waals surface area contributed by atoms with Crippen LogP contribution in [0.5, 0.6) is 0 Å². The summed E-state index contributed by atoms with van der Waals surface area (Å²) in [4.78, 5) is 15.2. The first-order valence-electron chi connectivity index (χ1n) is 14.3. The zero-order valence-electron chi connectivity index (χ0n) is 23.0. The van der Waals surface area contributed by atoms with Gasteiger partial charge in [-0.15, -0.1) is 0 Å². The second kappa shape index (κ2) is 9.26. The Hall–Kier alpha value is -6.01. The zero-order valence-corrected chi connectivity index (χ0v) is 23.0. The molecule has 0 atom stereocenters. The molecule has 0 aliphatic heterocycles. The smallest absolute Gasteiger partial charge is 0.238 e. The van der Waals surface area contributed by atoms with Gasteiger partial charge in [-0.25, -0.2) is 4.98 Å². The summed E-state index contributed by atoms with van der Waals surface area (Å²) in [5.41, 5.74) is 8.40. The summed E-state index contributed by atoms with van der Waals surface area (Å²) in [5, 5.41) is 2.29. The summed E-state index contributed by atoms with van der Waals surface area (Å²) in [5.74, 6) is 1.85. The maximum Gasteiger partial charge on any atom is 0.238 e. The summed E-state index contributed by atoms with van der Waals surface area (Å²) in [7, 11) is 0. The van der Waals surface area contributed by atoms with Gasteiger partial charge >= 0.3 is 0 Å². The average Bonchev–Trinajstić information content (AvgIpc) is 3.72. The lowest BCUT2D eigenvalue weighted by Gasteiger charge is -2.11.